The van der Waals surface area contributed by atoms with E-state index in [4.69, 9.17) is 4.74 Å². The molecule has 0 saturated heterocycles. The minimum Gasteiger partial charge on any atom is -0.444 e. The van der Waals surface area contributed by atoms with Crippen molar-refractivity contribution in [1.29, 1.82) is 0 Å². The van der Waals surface area contributed by atoms with Gasteiger partial charge in [-0.1, -0.05) is 74.0 Å². The van der Waals surface area contributed by atoms with Gasteiger partial charge in [0, 0.05) is 23.7 Å². The van der Waals surface area contributed by atoms with Gasteiger partial charge in [0.15, 0.2) is 11.8 Å². The lowest BCUT2D eigenvalue weighted by atomic mass is 10.00. The molecule has 3 rings (SSSR count). The number of carbonyl (C=O) groups is 2. The summed E-state index contributed by atoms with van der Waals surface area (Å²) in [5.74, 6) is -1.09. The number of hydrogen-bond donors (Lipinski definition) is 0. The maximum atomic E-state index is 13.0. The first kappa shape index (κ1) is 20.2. The zero-order valence-electron chi connectivity index (χ0n) is 16.2. The molecule has 2 aromatic carbocycles. The first-order valence-corrected chi connectivity index (χ1v) is 9.53. The first-order chi connectivity index (χ1) is 14.1. The molecule has 0 unspecified atom stereocenters. The first-order valence-electron chi connectivity index (χ1n) is 9.53. The van der Waals surface area contributed by atoms with Gasteiger partial charge < -0.3 is 4.74 Å². The van der Waals surface area contributed by atoms with Crippen molar-refractivity contribution in [3.63, 3.8) is 0 Å². The largest absolute Gasteiger partial charge is 0.444 e. The summed E-state index contributed by atoms with van der Waals surface area (Å²) in [7, 11) is 0. The topological polar surface area (TPSA) is 78.3 Å². The van der Waals surface area contributed by atoms with E-state index in [2.05, 4.69) is 5.10 Å². The second-order valence-electron chi connectivity index (χ2n) is 6.56. The van der Waals surface area contributed by atoms with Gasteiger partial charge in [0.1, 0.15) is 0 Å². The van der Waals surface area contributed by atoms with Crippen molar-refractivity contribution in [2.75, 3.05) is 0 Å². The number of Topliss-reactive ketones (excluding diaryl/α,β-unsaturated/α-hetero) is 1. The van der Waals surface area contributed by atoms with E-state index in [9.17, 15) is 14.4 Å². The molecule has 0 aliphatic heterocycles. The number of nitrogens with zero attached hydrogens (tertiary/aromatic N) is 2. The summed E-state index contributed by atoms with van der Waals surface area (Å²) in [4.78, 5) is 37.7. The van der Waals surface area contributed by atoms with Crippen molar-refractivity contribution in [3.05, 3.63) is 100.0 Å². The summed E-state index contributed by atoms with van der Waals surface area (Å²) in [5.41, 5.74) is 0.710. The van der Waals surface area contributed by atoms with E-state index in [-0.39, 0.29) is 17.0 Å². The van der Waals surface area contributed by atoms with Crippen LogP contribution in [0.2, 0.25) is 0 Å². The summed E-state index contributed by atoms with van der Waals surface area (Å²) < 4.78 is 6.82. The highest BCUT2D eigenvalue weighted by Crippen LogP contribution is 2.23. The molecule has 1 atom stereocenters. The van der Waals surface area contributed by atoms with Crippen LogP contribution in [0.25, 0.3) is 0 Å². The van der Waals surface area contributed by atoms with Crippen LogP contribution >= 0.6 is 0 Å². The van der Waals surface area contributed by atoms with Gasteiger partial charge in [-0.05, 0) is 12.5 Å². The van der Waals surface area contributed by atoms with Crippen molar-refractivity contribution >= 4 is 11.8 Å². The highest BCUT2D eigenvalue weighted by molar-refractivity contribution is 6.01. The molecule has 0 bridgehead atoms. The van der Waals surface area contributed by atoms with Crippen molar-refractivity contribution in [1.82, 2.24) is 9.78 Å². The van der Waals surface area contributed by atoms with Crippen LogP contribution in [0.3, 0.4) is 0 Å². The predicted molar refractivity (Wildman–Crippen MR) is 109 cm³/mol. The molecule has 0 saturated carbocycles. The number of rotatable bonds is 8. The minimum absolute atomic E-state index is 0.0116. The molecular weight excluding hydrogens is 368 g/mol. The fourth-order valence-electron chi connectivity index (χ4n) is 2.85. The Morgan fingerprint density at radius 1 is 0.966 bits per heavy atom. The summed E-state index contributed by atoms with van der Waals surface area (Å²) >= 11 is 0. The van der Waals surface area contributed by atoms with E-state index in [0.29, 0.717) is 17.7 Å². The molecule has 6 nitrogen and oxygen atoms in total. The van der Waals surface area contributed by atoms with Gasteiger partial charge in [-0.2, -0.15) is 5.10 Å². The molecule has 0 amide bonds. The van der Waals surface area contributed by atoms with Crippen LogP contribution in [0.4, 0.5) is 0 Å². The average Bonchev–Trinajstić information content (AvgIpc) is 2.77. The number of aromatic nitrogens is 2. The Hall–Kier alpha value is -3.54. The van der Waals surface area contributed by atoms with E-state index < -0.39 is 12.1 Å². The Balaban J connectivity index is 1.89. The molecule has 0 radical (unpaired) electrons. The van der Waals surface area contributed by atoms with Crippen LogP contribution in [-0.4, -0.2) is 21.5 Å². The highest BCUT2D eigenvalue weighted by atomic mass is 16.5. The molecular formula is C23H22N2O4. The fourth-order valence-corrected chi connectivity index (χ4v) is 2.85. The molecule has 1 aromatic heterocycles. The number of ketones is 1. The third-order valence-corrected chi connectivity index (χ3v) is 4.42. The van der Waals surface area contributed by atoms with E-state index in [0.717, 1.165) is 12.8 Å². The normalized spacial score (nSPS) is 11.6. The van der Waals surface area contributed by atoms with Gasteiger partial charge in [-0.3, -0.25) is 9.59 Å². The van der Waals surface area contributed by atoms with Gasteiger partial charge in [-0.15, -0.1) is 0 Å². The molecule has 6 heteroatoms. The maximum absolute atomic E-state index is 13.0. The predicted octanol–water partition coefficient (Wildman–Crippen LogP) is 3.82. The molecule has 148 valence electrons. The maximum Gasteiger partial charge on any atom is 0.359 e. The minimum atomic E-state index is -1.11. The number of ether oxygens (including phenoxy) is 1. The van der Waals surface area contributed by atoms with Crippen molar-refractivity contribution in [3.8, 4) is 0 Å². The molecule has 3 aromatic rings. The van der Waals surface area contributed by atoms with Crippen molar-refractivity contribution in [2.24, 2.45) is 0 Å². The quantitative estimate of drug-likeness (QED) is 0.432. The van der Waals surface area contributed by atoms with Gasteiger partial charge >= 0.3 is 5.97 Å². The summed E-state index contributed by atoms with van der Waals surface area (Å²) in [6.45, 7) is 2.42. The van der Waals surface area contributed by atoms with Gasteiger partial charge in [0.05, 0.1) is 0 Å². The number of hydrogen-bond acceptors (Lipinski definition) is 5. The molecule has 0 aliphatic carbocycles. The Morgan fingerprint density at radius 2 is 1.62 bits per heavy atom. The summed E-state index contributed by atoms with van der Waals surface area (Å²) in [5, 5.41) is 4.11. The molecule has 0 aliphatic rings. The smallest absolute Gasteiger partial charge is 0.359 e. The third kappa shape index (κ3) is 5.04. The zero-order valence-corrected chi connectivity index (χ0v) is 16.2. The van der Waals surface area contributed by atoms with Gasteiger partial charge in [0.25, 0.3) is 5.56 Å². The standard InChI is InChI=1S/C23H22N2O4/c1-2-3-16-25-20(26)15-14-19(24-25)23(28)29-22(18-12-8-5-9-13-18)21(27)17-10-6-4-7-11-17/h4-15,22H,2-3,16H2,1H3/t22-/m0/s1. The van der Waals surface area contributed by atoms with Crippen LogP contribution < -0.4 is 5.56 Å². The lowest BCUT2D eigenvalue weighted by Crippen LogP contribution is -2.26. The average molecular weight is 390 g/mol. The molecule has 0 spiro atoms. The second-order valence-corrected chi connectivity index (χ2v) is 6.56. The molecule has 1 heterocycles. The van der Waals surface area contributed by atoms with E-state index in [1.165, 1.54) is 16.8 Å². The molecule has 29 heavy (non-hydrogen) atoms. The number of aryl methyl sites for hydroxylation is 1. The number of benzene rings is 2. The molecule has 0 N–H and O–H groups in total. The van der Waals surface area contributed by atoms with Crippen LogP contribution in [0.5, 0.6) is 0 Å². The van der Waals surface area contributed by atoms with Crippen molar-refractivity contribution in [2.45, 2.75) is 32.4 Å². The van der Waals surface area contributed by atoms with Crippen molar-refractivity contribution < 1.29 is 14.3 Å². The SMILES string of the molecule is CCCCn1nc(C(=O)O[C@H](C(=O)c2ccccc2)c2ccccc2)ccc1=O. The van der Waals surface area contributed by atoms with E-state index in [1.54, 1.807) is 48.5 Å². The Kier molecular flexibility index (Phi) is 6.68. The fraction of sp³-hybridized carbons (Fsp3) is 0.217. The Bertz CT molecular complexity index is 1030. The van der Waals surface area contributed by atoms with Gasteiger partial charge in [-0.25, -0.2) is 9.48 Å². The van der Waals surface area contributed by atoms with Crippen LogP contribution in [0, 0.1) is 0 Å². The number of esters is 1. The van der Waals surface area contributed by atoms with E-state index in [1.807, 2.05) is 19.1 Å². The summed E-state index contributed by atoms with van der Waals surface area (Å²) in [6, 6.07) is 20.1. The Morgan fingerprint density at radius 3 is 2.28 bits per heavy atom. The third-order valence-electron chi connectivity index (χ3n) is 4.42. The molecule has 0 fully saturated rings. The van der Waals surface area contributed by atoms with E-state index >= 15 is 0 Å². The van der Waals surface area contributed by atoms with Gasteiger partial charge in [0.2, 0.25) is 5.78 Å². The van der Waals surface area contributed by atoms with Crippen LogP contribution in [0.1, 0.15) is 52.3 Å². The monoisotopic (exact) mass is 390 g/mol. The zero-order chi connectivity index (χ0) is 20.6. The lowest BCUT2D eigenvalue weighted by Gasteiger charge is -2.17. The van der Waals surface area contributed by atoms with Crippen LogP contribution in [-0.2, 0) is 11.3 Å². The van der Waals surface area contributed by atoms with Crippen LogP contribution in [0.15, 0.2) is 77.6 Å². The Labute approximate surface area is 168 Å². The lowest BCUT2D eigenvalue weighted by molar-refractivity contribution is 0.0271. The number of unbranched alkanes of at least 4 members (excludes halogenated alkanes) is 1. The highest BCUT2D eigenvalue weighted by Gasteiger charge is 2.27. The second kappa shape index (κ2) is 9.59. The summed E-state index contributed by atoms with van der Waals surface area (Å²) in [6.07, 6.45) is 0.554. The number of carbonyl (C=O) groups excluding carboxylic acids is 2.